The van der Waals surface area contributed by atoms with Crippen LogP contribution in [0.1, 0.15) is 17.1 Å². The molecule has 1 rings (SSSR count). The minimum Gasteiger partial charge on any atom is -0.462 e. The molecule has 6 heteroatoms. The number of ether oxygens (including phenoxy) is 1. The van der Waals surface area contributed by atoms with Gasteiger partial charge in [-0.2, -0.15) is 13.2 Å². The molecule has 0 fully saturated rings. The quantitative estimate of drug-likeness (QED) is 0.850. The number of alkyl halides is 3. The number of hydrogen-bond donors (Lipinski definition) is 1. The fourth-order valence-corrected chi connectivity index (χ4v) is 1.13. The Hall–Kier alpha value is -1.01. The Morgan fingerprint density at radius 3 is 2.60 bits per heavy atom. The predicted octanol–water partition coefficient (Wildman–Crippen LogP) is 2.13. The van der Waals surface area contributed by atoms with Crippen LogP contribution in [0.4, 0.5) is 13.2 Å². The monoisotopic (exact) mass is 223 g/mol. The lowest BCUT2D eigenvalue weighted by Gasteiger charge is -2.05. The largest absolute Gasteiger partial charge is 0.462 e. The van der Waals surface area contributed by atoms with Crippen molar-refractivity contribution in [3.05, 3.63) is 23.2 Å². The Labute approximate surface area is 85.0 Å². The molecule has 0 aliphatic heterocycles. The van der Waals surface area contributed by atoms with Gasteiger partial charge in [0.15, 0.2) is 0 Å². The Kier molecular flexibility index (Phi) is 3.76. The van der Waals surface area contributed by atoms with Crippen LogP contribution in [0.3, 0.4) is 0 Å². The number of furan rings is 1. The number of nitrogens with two attached hydrogens (primary N) is 1. The van der Waals surface area contributed by atoms with E-state index in [1.165, 1.54) is 0 Å². The van der Waals surface area contributed by atoms with Crippen LogP contribution >= 0.6 is 0 Å². The molecule has 1 aromatic heterocycles. The van der Waals surface area contributed by atoms with Crippen molar-refractivity contribution < 1.29 is 22.3 Å². The second kappa shape index (κ2) is 4.67. The van der Waals surface area contributed by atoms with Crippen molar-refractivity contribution in [3.8, 4) is 0 Å². The normalized spacial score (nSPS) is 12.1. The second-order valence-electron chi connectivity index (χ2n) is 3.13. The maximum absolute atomic E-state index is 11.7. The molecule has 86 valence electrons. The van der Waals surface area contributed by atoms with Gasteiger partial charge in [-0.15, -0.1) is 0 Å². The first kappa shape index (κ1) is 12.1. The number of rotatable bonds is 4. The van der Waals surface area contributed by atoms with Gasteiger partial charge in [0.25, 0.3) is 0 Å². The number of halogens is 3. The van der Waals surface area contributed by atoms with Gasteiger partial charge in [-0.1, -0.05) is 0 Å². The summed E-state index contributed by atoms with van der Waals surface area (Å²) in [6.07, 6.45) is -4.31. The highest BCUT2D eigenvalue weighted by Crippen LogP contribution is 2.18. The summed E-state index contributed by atoms with van der Waals surface area (Å²) in [6.45, 7) is 0.537. The molecule has 3 nitrogen and oxygen atoms in total. The fraction of sp³-hybridized carbons (Fsp3) is 0.556. The molecule has 0 aliphatic rings. The molecule has 0 radical (unpaired) electrons. The molecule has 2 N–H and O–H groups in total. The Bertz CT molecular complexity index is 320. The van der Waals surface area contributed by atoms with Gasteiger partial charge in [-0.3, -0.25) is 0 Å². The van der Waals surface area contributed by atoms with E-state index in [4.69, 9.17) is 10.2 Å². The lowest BCUT2D eigenvalue weighted by atomic mass is 10.3. The fourth-order valence-electron chi connectivity index (χ4n) is 1.13. The van der Waals surface area contributed by atoms with E-state index in [1.54, 1.807) is 13.0 Å². The summed E-state index contributed by atoms with van der Waals surface area (Å²) in [6, 6.07) is 1.62. The van der Waals surface area contributed by atoms with Gasteiger partial charge in [0.05, 0.1) is 6.54 Å². The predicted molar refractivity (Wildman–Crippen MR) is 47.0 cm³/mol. The van der Waals surface area contributed by atoms with Crippen molar-refractivity contribution in [2.75, 3.05) is 6.61 Å². The molecule has 0 aliphatic carbocycles. The minimum atomic E-state index is -4.31. The first-order chi connectivity index (χ1) is 6.92. The average molecular weight is 223 g/mol. The zero-order valence-electron chi connectivity index (χ0n) is 8.23. The molecule has 0 saturated carbocycles. The van der Waals surface area contributed by atoms with Gasteiger partial charge < -0.3 is 14.9 Å². The summed E-state index contributed by atoms with van der Waals surface area (Å²) < 4.78 is 44.8. The van der Waals surface area contributed by atoms with Crippen molar-refractivity contribution in [1.29, 1.82) is 0 Å². The standard InChI is InChI=1S/C9H12F3NO2/c1-6-2-7(15-8(6)3-13)4-14-5-9(10,11)12/h2H,3-5,13H2,1H3. The van der Waals surface area contributed by atoms with Crippen LogP contribution in [-0.2, 0) is 17.9 Å². The maximum Gasteiger partial charge on any atom is 0.411 e. The van der Waals surface area contributed by atoms with E-state index in [2.05, 4.69) is 4.74 Å². The first-order valence-corrected chi connectivity index (χ1v) is 4.35. The third-order valence-electron chi connectivity index (χ3n) is 1.77. The minimum absolute atomic E-state index is 0.194. The third kappa shape index (κ3) is 3.93. The molecule has 0 unspecified atom stereocenters. The summed E-state index contributed by atoms with van der Waals surface area (Å²) in [4.78, 5) is 0. The number of aryl methyl sites for hydroxylation is 1. The molecular formula is C9H12F3NO2. The summed E-state index contributed by atoms with van der Waals surface area (Å²) in [5, 5.41) is 0. The molecule has 0 amide bonds. The highest BCUT2D eigenvalue weighted by Gasteiger charge is 2.27. The summed E-state index contributed by atoms with van der Waals surface area (Å²) in [5.74, 6) is 0.929. The smallest absolute Gasteiger partial charge is 0.411 e. The van der Waals surface area contributed by atoms with Gasteiger partial charge in [-0.25, -0.2) is 0 Å². The molecule has 1 aromatic rings. The van der Waals surface area contributed by atoms with Gasteiger partial charge in [-0.05, 0) is 18.6 Å². The zero-order chi connectivity index (χ0) is 11.5. The van der Waals surface area contributed by atoms with E-state index in [0.29, 0.717) is 11.5 Å². The van der Waals surface area contributed by atoms with Crippen molar-refractivity contribution in [2.24, 2.45) is 5.73 Å². The Morgan fingerprint density at radius 1 is 1.47 bits per heavy atom. The van der Waals surface area contributed by atoms with Crippen LogP contribution in [0.5, 0.6) is 0 Å². The van der Waals surface area contributed by atoms with E-state index in [0.717, 1.165) is 5.56 Å². The van der Waals surface area contributed by atoms with Crippen molar-refractivity contribution in [1.82, 2.24) is 0 Å². The summed E-state index contributed by atoms with van der Waals surface area (Å²) in [5.41, 5.74) is 6.17. The van der Waals surface area contributed by atoms with Crippen LogP contribution in [0.15, 0.2) is 10.5 Å². The van der Waals surface area contributed by atoms with Gasteiger partial charge in [0.1, 0.15) is 24.7 Å². The van der Waals surface area contributed by atoms with Crippen LogP contribution in [-0.4, -0.2) is 12.8 Å². The molecule has 0 saturated heterocycles. The van der Waals surface area contributed by atoms with E-state index >= 15 is 0 Å². The van der Waals surface area contributed by atoms with Crippen LogP contribution < -0.4 is 5.73 Å². The van der Waals surface area contributed by atoms with E-state index in [1.807, 2.05) is 0 Å². The van der Waals surface area contributed by atoms with Crippen molar-refractivity contribution in [3.63, 3.8) is 0 Å². The highest BCUT2D eigenvalue weighted by molar-refractivity contribution is 5.19. The molecular weight excluding hydrogens is 211 g/mol. The van der Waals surface area contributed by atoms with Crippen LogP contribution in [0, 0.1) is 6.92 Å². The molecule has 1 heterocycles. The van der Waals surface area contributed by atoms with Crippen LogP contribution in [0.25, 0.3) is 0 Å². The lowest BCUT2D eigenvalue weighted by molar-refractivity contribution is -0.177. The average Bonchev–Trinajstić information content (AvgIpc) is 2.44. The van der Waals surface area contributed by atoms with Crippen molar-refractivity contribution in [2.45, 2.75) is 26.3 Å². The van der Waals surface area contributed by atoms with Gasteiger partial charge in [0.2, 0.25) is 0 Å². The topological polar surface area (TPSA) is 48.4 Å². The molecule has 15 heavy (non-hydrogen) atoms. The number of hydrogen-bond acceptors (Lipinski definition) is 3. The van der Waals surface area contributed by atoms with Crippen LogP contribution in [0.2, 0.25) is 0 Å². The Balaban J connectivity index is 2.44. The van der Waals surface area contributed by atoms with Crippen molar-refractivity contribution >= 4 is 0 Å². The SMILES string of the molecule is Cc1cc(COCC(F)(F)F)oc1CN. The molecule has 0 bridgehead atoms. The molecule has 0 spiro atoms. The molecule has 0 aromatic carbocycles. The first-order valence-electron chi connectivity index (χ1n) is 4.35. The second-order valence-corrected chi connectivity index (χ2v) is 3.13. The summed E-state index contributed by atoms with van der Waals surface area (Å²) in [7, 11) is 0. The Morgan fingerprint density at radius 2 is 2.13 bits per heavy atom. The van der Waals surface area contributed by atoms with E-state index in [-0.39, 0.29) is 13.2 Å². The third-order valence-corrected chi connectivity index (χ3v) is 1.77. The lowest BCUT2D eigenvalue weighted by Crippen LogP contribution is -2.16. The maximum atomic E-state index is 11.7. The summed E-state index contributed by atoms with van der Waals surface area (Å²) >= 11 is 0. The van der Waals surface area contributed by atoms with Gasteiger partial charge in [0, 0.05) is 0 Å². The molecule has 0 atom stereocenters. The van der Waals surface area contributed by atoms with E-state index < -0.39 is 12.8 Å². The zero-order valence-corrected chi connectivity index (χ0v) is 8.23. The van der Waals surface area contributed by atoms with Gasteiger partial charge >= 0.3 is 6.18 Å². The van der Waals surface area contributed by atoms with E-state index in [9.17, 15) is 13.2 Å². The highest BCUT2D eigenvalue weighted by atomic mass is 19.4.